The number of ether oxygens (including phenoxy) is 1. The zero-order chi connectivity index (χ0) is 12.3. The summed E-state index contributed by atoms with van der Waals surface area (Å²) in [5.74, 6) is -0.247. The summed E-state index contributed by atoms with van der Waals surface area (Å²) in [7, 11) is 1.52. The molecule has 0 aliphatic carbocycles. The maximum atomic E-state index is 12.0. The van der Waals surface area contributed by atoms with Gasteiger partial charge in [-0.15, -0.1) is 0 Å². The van der Waals surface area contributed by atoms with Gasteiger partial charge in [-0.05, 0) is 13.8 Å². The first-order valence-electron chi connectivity index (χ1n) is 5.20. The van der Waals surface area contributed by atoms with Crippen LogP contribution in [0.15, 0.2) is 0 Å². The lowest BCUT2D eigenvalue weighted by molar-refractivity contribution is -0.132. The summed E-state index contributed by atoms with van der Waals surface area (Å²) in [6.45, 7) is 3.94. The fourth-order valence-electron chi connectivity index (χ4n) is 1.77. The number of urea groups is 1. The van der Waals surface area contributed by atoms with Gasteiger partial charge in [-0.2, -0.15) is 0 Å². The van der Waals surface area contributed by atoms with E-state index >= 15 is 0 Å². The monoisotopic (exact) mass is 230 g/mol. The molecule has 0 spiro atoms. The molecule has 1 heterocycles. The minimum Gasteiger partial charge on any atom is -0.395 e. The zero-order valence-corrected chi connectivity index (χ0v) is 9.89. The van der Waals surface area contributed by atoms with Crippen molar-refractivity contribution in [3.8, 4) is 0 Å². The second-order valence-electron chi connectivity index (χ2n) is 4.17. The van der Waals surface area contributed by atoms with Gasteiger partial charge in [-0.25, -0.2) is 4.79 Å². The Balaban J connectivity index is 2.84. The smallest absolute Gasteiger partial charge is 0.327 e. The molecule has 1 N–H and O–H groups in total. The van der Waals surface area contributed by atoms with Crippen molar-refractivity contribution in [2.24, 2.45) is 0 Å². The summed E-state index contributed by atoms with van der Waals surface area (Å²) in [5, 5.41) is 8.88. The number of carbonyl (C=O) groups excluding carboxylic acids is 2. The predicted octanol–water partition coefficient (Wildman–Crippen LogP) is -0.332. The number of β-amino-alcohol motifs (C(OH)–C–C–N with tert-alkyl or cyclic N) is 1. The van der Waals surface area contributed by atoms with Crippen LogP contribution in [0.4, 0.5) is 4.79 Å². The van der Waals surface area contributed by atoms with E-state index in [2.05, 4.69) is 0 Å². The number of carbonyl (C=O) groups is 2. The topological polar surface area (TPSA) is 70.1 Å². The maximum absolute atomic E-state index is 12.0. The number of imide groups is 1. The van der Waals surface area contributed by atoms with Crippen molar-refractivity contribution in [2.45, 2.75) is 19.4 Å². The lowest BCUT2D eigenvalue weighted by atomic mass is 10.0. The van der Waals surface area contributed by atoms with Crippen LogP contribution in [0.2, 0.25) is 0 Å². The van der Waals surface area contributed by atoms with E-state index in [1.54, 1.807) is 13.8 Å². The molecule has 0 unspecified atom stereocenters. The van der Waals surface area contributed by atoms with E-state index in [0.717, 1.165) is 0 Å². The Kier molecular flexibility index (Phi) is 3.88. The number of aliphatic hydroxyl groups excluding tert-OH is 1. The number of rotatable bonds is 5. The SMILES string of the molecule is COCCN1C(=O)N(CCO)C(C)(C)C1=O. The van der Waals surface area contributed by atoms with E-state index < -0.39 is 5.54 Å². The Morgan fingerprint density at radius 3 is 2.44 bits per heavy atom. The third-order valence-electron chi connectivity index (χ3n) is 2.75. The van der Waals surface area contributed by atoms with Crippen LogP contribution in [0.25, 0.3) is 0 Å². The van der Waals surface area contributed by atoms with Crippen molar-refractivity contribution in [1.82, 2.24) is 9.80 Å². The van der Waals surface area contributed by atoms with Gasteiger partial charge in [0.25, 0.3) is 5.91 Å². The van der Waals surface area contributed by atoms with E-state index in [-0.39, 0.29) is 31.6 Å². The minimum atomic E-state index is -0.881. The molecule has 1 rings (SSSR count). The van der Waals surface area contributed by atoms with E-state index in [9.17, 15) is 9.59 Å². The molecule has 0 aromatic carbocycles. The van der Waals surface area contributed by atoms with Gasteiger partial charge in [-0.3, -0.25) is 9.69 Å². The Labute approximate surface area is 94.8 Å². The van der Waals surface area contributed by atoms with Crippen LogP contribution in [-0.4, -0.2) is 65.8 Å². The zero-order valence-electron chi connectivity index (χ0n) is 9.89. The first kappa shape index (κ1) is 12.9. The Hall–Kier alpha value is -1.14. The molecule has 92 valence electrons. The van der Waals surface area contributed by atoms with Crippen LogP contribution in [0.5, 0.6) is 0 Å². The van der Waals surface area contributed by atoms with Crippen molar-refractivity contribution in [3.63, 3.8) is 0 Å². The molecule has 1 fully saturated rings. The van der Waals surface area contributed by atoms with Gasteiger partial charge in [0.05, 0.1) is 19.8 Å². The fraction of sp³-hybridized carbons (Fsp3) is 0.800. The molecule has 0 atom stereocenters. The lowest BCUT2D eigenvalue weighted by Gasteiger charge is -2.26. The fourth-order valence-corrected chi connectivity index (χ4v) is 1.77. The second-order valence-corrected chi connectivity index (χ2v) is 4.17. The van der Waals surface area contributed by atoms with E-state index in [1.807, 2.05) is 0 Å². The third-order valence-corrected chi connectivity index (χ3v) is 2.75. The van der Waals surface area contributed by atoms with Crippen molar-refractivity contribution < 1.29 is 19.4 Å². The molecule has 6 nitrogen and oxygen atoms in total. The van der Waals surface area contributed by atoms with E-state index in [4.69, 9.17) is 9.84 Å². The van der Waals surface area contributed by atoms with Gasteiger partial charge in [0, 0.05) is 13.7 Å². The lowest BCUT2D eigenvalue weighted by Crippen LogP contribution is -2.45. The van der Waals surface area contributed by atoms with Crippen molar-refractivity contribution in [2.75, 3.05) is 33.4 Å². The molecule has 0 aromatic heterocycles. The molecule has 0 aromatic rings. The Morgan fingerprint density at radius 1 is 1.31 bits per heavy atom. The molecule has 0 bridgehead atoms. The summed E-state index contributed by atoms with van der Waals surface area (Å²) >= 11 is 0. The van der Waals surface area contributed by atoms with Crippen molar-refractivity contribution in [3.05, 3.63) is 0 Å². The number of aliphatic hydroxyl groups is 1. The summed E-state index contributed by atoms with van der Waals surface area (Å²) in [6, 6.07) is -0.360. The molecule has 1 aliphatic heterocycles. The van der Waals surface area contributed by atoms with Crippen LogP contribution in [0.3, 0.4) is 0 Å². The van der Waals surface area contributed by atoms with Gasteiger partial charge in [-0.1, -0.05) is 0 Å². The van der Waals surface area contributed by atoms with Crippen LogP contribution in [0, 0.1) is 0 Å². The summed E-state index contributed by atoms with van der Waals surface area (Å²) in [4.78, 5) is 26.4. The standard InChI is InChI=1S/C10H18N2O4/c1-10(2)8(14)11(5-7-16-3)9(15)12(10)4-6-13/h13H,4-7H2,1-3H3. The highest BCUT2D eigenvalue weighted by Gasteiger charge is 2.50. The molecule has 0 radical (unpaired) electrons. The second kappa shape index (κ2) is 4.80. The maximum Gasteiger partial charge on any atom is 0.327 e. The molecule has 0 saturated carbocycles. The van der Waals surface area contributed by atoms with Gasteiger partial charge >= 0.3 is 6.03 Å². The van der Waals surface area contributed by atoms with E-state index in [1.165, 1.54) is 16.9 Å². The summed E-state index contributed by atoms with van der Waals surface area (Å²) < 4.78 is 4.85. The van der Waals surface area contributed by atoms with Gasteiger partial charge in [0.1, 0.15) is 5.54 Å². The first-order chi connectivity index (χ1) is 7.46. The average Bonchev–Trinajstić information content (AvgIpc) is 2.39. The first-order valence-corrected chi connectivity index (χ1v) is 5.20. The molecule has 6 heteroatoms. The van der Waals surface area contributed by atoms with Gasteiger partial charge in [0.2, 0.25) is 0 Å². The molecule has 3 amide bonds. The van der Waals surface area contributed by atoms with Crippen molar-refractivity contribution in [1.29, 1.82) is 0 Å². The number of amides is 3. The molecular weight excluding hydrogens is 212 g/mol. The van der Waals surface area contributed by atoms with Crippen LogP contribution in [0.1, 0.15) is 13.8 Å². The number of hydrogen-bond donors (Lipinski definition) is 1. The third kappa shape index (κ3) is 2.03. The van der Waals surface area contributed by atoms with Gasteiger partial charge in [0.15, 0.2) is 0 Å². The number of hydrogen-bond acceptors (Lipinski definition) is 4. The molecule has 1 aliphatic rings. The largest absolute Gasteiger partial charge is 0.395 e. The van der Waals surface area contributed by atoms with Crippen molar-refractivity contribution >= 4 is 11.9 Å². The summed E-state index contributed by atoms with van der Waals surface area (Å²) in [5.41, 5.74) is -0.881. The number of nitrogens with zero attached hydrogens (tertiary/aromatic N) is 2. The molecule has 1 saturated heterocycles. The molecular formula is C10H18N2O4. The number of methoxy groups -OCH3 is 1. The highest BCUT2D eigenvalue weighted by Crippen LogP contribution is 2.26. The highest BCUT2D eigenvalue weighted by molar-refractivity contribution is 6.06. The quantitative estimate of drug-likeness (QED) is 0.656. The van der Waals surface area contributed by atoms with Crippen LogP contribution in [-0.2, 0) is 9.53 Å². The normalized spacial score (nSPS) is 19.8. The van der Waals surface area contributed by atoms with E-state index in [0.29, 0.717) is 6.61 Å². The van der Waals surface area contributed by atoms with Crippen LogP contribution >= 0.6 is 0 Å². The Morgan fingerprint density at radius 2 is 1.94 bits per heavy atom. The molecule has 16 heavy (non-hydrogen) atoms. The average molecular weight is 230 g/mol. The van der Waals surface area contributed by atoms with Gasteiger partial charge < -0.3 is 14.7 Å². The predicted molar refractivity (Wildman–Crippen MR) is 56.9 cm³/mol. The summed E-state index contributed by atoms with van der Waals surface area (Å²) in [6.07, 6.45) is 0. The highest BCUT2D eigenvalue weighted by atomic mass is 16.5. The Bertz CT molecular complexity index is 291. The minimum absolute atomic E-state index is 0.152. The van der Waals surface area contributed by atoms with Crippen LogP contribution < -0.4 is 0 Å².